The number of hydrogen-bond acceptors (Lipinski definition) is 3. The maximum atomic E-state index is 9.50. The van der Waals surface area contributed by atoms with Crippen LogP contribution in [0.2, 0.25) is 0 Å². The van der Waals surface area contributed by atoms with E-state index in [1.807, 2.05) is 0 Å². The zero-order chi connectivity index (χ0) is 11.0. The molecule has 3 rings (SSSR count). The van der Waals surface area contributed by atoms with E-state index < -0.39 is 0 Å². The van der Waals surface area contributed by atoms with Gasteiger partial charge in [0.05, 0.1) is 6.10 Å². The van der Waals surface area contributed by atoms with E-state index in [0.29, 0.717) is 6.04 Å². The van der Waals surface area contributed by atoms with E-state index in [1.54, 1.807) is 0 Å². The number of aliphatic hydroxyl groups is 1. The Morgan fingerprint density at radius 3 is 2.56 bits per heavy atom. The molecule has 92 valence electrons. The lowest BCUT2D eigenvalue weighted by Gasteiger charge is -2.31. The van der Waals surface area contributed by atoms with Crippen molar-refractivity contribution in [3.8, 4) is 0 Å². The summed E-state index contributed by atoms with van der Waals surface area (Å²) in [6.07, 6.45) is 8.44. The molecule has 3 fully saturated rings. The summed E-state index contributed by atoms with van der Waals surface area (Å²) < 4.78 is 0. The van der Waals surface area contributed by atoms with Crippen LogP contribution in [-0.4, -0.2) is 47.3 Å². The summed E-state index contributed by atoms with van der Waals surface area (Å²) in [6, 6.07) is 2.24. The molecule has 3 heteroatoms. The average Bonchev–Trinajstić information content (AvgIpc) is 2.86. The zero-order valence-corrected chi connectivity index (χ0v) is 10.1. The van der Waals surface area contributed by atoms with E-state index in [0.717, 1.165) is 24.9 Å². The lowest BCUT2D eigenvalue weighted by Crippen LogP contribution is -2.46. The summed E-state index contributed by atoms with van der Waals surface area (Å²) in [6.45, 7) is 2.63. The second-order valence-electron chi connectivity index (χ2n) is 5.81. The minimum atomic E-state index is -0.0235. The largest absolute Gasteiger partial charge is 0.393 e. The summed E-state index contributed by atoms with van der Waals surface area (Å²) >= 11 is 0. The topological polar surface area (TPSA) is 35.5 Å². The first-order valence-electron chi connectivity index (χ1n) is 7.01. The summed E-state index contributed by atoms with van der Waals surface area (Å²) in [5.74, 6) is 0. The molecular weight excluding hydrogens is 200 g/mol. The predicted molar refractivity (Wildman–Crippen MR) is 64.4 cm³/mol. The smallest absolute Gasteiger partial charge is 0.0541 e. The lowest BCUT2D eigenvalue weighted by atomic mass is 9.92. The highest BCUT2D eigenvalue weighted by atomic mass is 16.3. The van der Waals surface area contributed by atoms with Crippen molar-refractivity contribution in [2.24, 2.45) is 0 Å². The normalized spacial score (nSPS) is 44.8. The SMILES string of the molecule is OC1CCC(NC2CCN3CCCC23)CC1. The number of nitrogens with zero attached hydrogens (tertiary/aromatic N) is 1. The molecule has 0 aromatic rings. The van der Waals surface area contributed by atoms with Crippen molar-refractivity contribution < 1.29 is 5.11 Å². The Morgan fingerprint density at radius 2 is 1.75 bits per heavy atom. The van der Waals surface area contributed by atoms with Gasteiger partial charge in [-0.05, 0) is 51.5 Å². The Hall–Kier alpha value is -0.120. The van der Waals surface area contributed by atoms with Gasteiger partial charge in [-0.3, -0.25) is 4.90 Å². The van der Waals surface area contributed by atoms with Crippen LogP contribution in [0.5, 0.6) is 0 Å². The van der Waals surface area contributed by atoms with Gasteiger partial charge in [-0.25, -0.2) is 0 Å². The van der Waals surface area contributed by atoms with Crippen molar-refractivity contribution in [2.75, 3.05) is 13.1 Å². The van der Waals surface area contributed by atoms with Crippen molar-refractivity contribution in [1.29, 1.82) is 0 Å². The third-order valence-electron chi connectivity index (χ3n) is 4.75. The highest BCUT2D eigenvalue weighted by Crippen LogP contribution is 2.29. The van der Waals surface area contributed by atoms with Crippen molar-refractivity contribution in [3.05, 3.63) is 0 Å². The fraction of sp³-hybridized carbons (Fsp3) is 1.00. The number of aliphatic hydroxyl groups excluding tert-OH is 1. The van der Waals surface area contributed by atoms with Crippen LogP contribution in [0.1, 0.15) is 44.9 Å². The average molecular weight is 224 g/mol. The van der Waals surface area contributed by atoms with Crippen LogP contribution in [-0.2, 0) is 0 Å². The minimum Gasteiger partial charge on any atom is -0.393 e. The molecule has 3 aliphatic rings. The van der Waals surface area contributed by atoms with Gasteiger partial charge in [0.25, 0.3) is 0 Å². The number of fused-ring (bicyclic) bond motifs is 1. The van der Waals surface area contributed by atoms with E-state index in [9.17, 15) is 5.11 Å². The van der Waals surface area contributed by atoms with E-state index in [4.69, 9.17) is 0 Å². The summed E-state index contributed by atoms with van der Waals surface area (Å²) in [5.41, 5.74) is 0. The van der Waals surface area contributed by atoms with E-state index >= 15 is 0 Å². The van der Waals surface area contributed by atoms with Gasteiger partial charge in [-0.2, -0.15) is 0 Å². The van der Waals surface area contributed by atoms with Gasteiger partial charge in [-0.1, -0.05) is 0 Å². The molecule has 2 aliphatic heterocycles. The van der Waals surface area contributed by atoms with Crippen LogP contribution in [0, 0.1) is 0 Å². The van der Waals surface area contributed by atoms with E-state index in [1.165, 1.54) is 45.2 Å². The fourth-order valence-corrected chi connectivity index (χ4v) is 3.82. The molecule has 0 spiro atoms. The Balaban J connectivity index is 1.51. The van der Waals surface area contributed by atoms with Crippen LogP contribution in [0.3, 0.4) is 0 Å². The van der Waals surface area contributed by atoms with Gasteiger partial charge in [0.1, 0.15) is 0 Å². The summed E-state index contributed by atoms with van der Waals surface area (Å²) in [4.78, 5) is 2.66. The van der Waals surface area contributed by atoms with Gasteiger partial charge in [0, 0.05) is 24.7 Å². The van der Waals surface area contributed by atoms with Gasteiger partial charge in [0.2, 0.25) is 0 Å². The number of rotatable bonds is 2. The monoisotopic (exact) mass is 224 g/mol. The fourth-order valence-electron chi connectivity index (χ4n) is 3.82. The van der Waals surface area contributed by atoms with E-state index in [-0.39, 0.29) is 6.10 Å². The molecule has 2 unspecified atom stereocenters. The number of hydrogen-bond donors (Lipinski definition) is 2. The first kappa shape index (κ1) is 11.0. The molecule has 0 aromatic heterocycles. The third kappa shape index (κ3) is 2.13. The molecule has 2 heterocycles. The molecule has 0 aromatic carbocycles. The summed E-state index contributed by atoms with van der Waals surface area (Å²) in [5, 5.41) is 13.4. The number of nitrogens with one attached hydrogen (secondary N) is 1. The van der Waals surface area contributed by atoms with Crippen molar-refractivity contribution in [2.45, 2.75) is 69.2 Å². The molecule has 3 nitrogen and oxygen atoms in total. The molecular formula is C13H24N2O. The van der Waals surface area contributed by atoms with Crippen LogP contribution in [0.15, 0.2) is 0 Å². The van der Waals surface area contributed by atoms with E-state index in [2.05, 4.69) is 10.2 Å². The first-order valence-corrected chi connectivity index (χ1v) is 7.01. The quantitative estimate of drug-likeness (QED) is 0.738. The van der Waals surface area contributed by atoms with Crippen LogP contribution < -0.4 is 5.32 Å². The highest BCUT2D eigenvalue weighted by Gasteiger charge is 2.38. The Labute approximate surface area is 98.2 Å². The van der Waals surface area contributed by atoms with Crippen molar-refractivity contribution in [3.63, 3.8) is 0 Å². The van der Waals surface area contributed by atoms with Gasteiger partial charge in [-0.15, -0.1) is 0 Å². The molecule has 1 aliphatic carbocycles. The third-order valence-corrected chi connectivity index (χ3v) is 4.75. The Morgan fingerprint density at radius 1 is 0.938 bits per heavy atom. The second-order valence-corrected chi connectivity index (χ2v) is 5.81. The molecule has 0 amide bonds. The minimum absolute atomic E-state index is 0.0235. The van der Waals surface area contributed by atoms with Crippen molar-refractivity contribution >= 4 is 0 Å². The predicted octanol–water partition coefficient (Wildman–Crippen LogP) is 1.12. The van der Waals surface area contributed by atoms with Crippen molar-refractivity contribution in [1.82, 2.24) is 10.2 Å². The van der Waals surface area contributed by atoms with Crippen LogP contribution in [0.4, 0.5) is 0 Å². The molecule has 2 saturated heterocycles. The zero-order valence-electron chi connectivity index (χ0n) is 10.1. The Kier molecular flexibility index (Phi) is 3.18. The standard InChI is InChI=1S/C13H24N2O/c16-11-5-3-10(4-6-11)14-12-7-9-15-8-1-2-13(12)15/h10-14,16H,1-9H2. The molecule has 0 radical (unpaired) electrons. The molecule has 2 atom stereocenters. The lowest BCUT2D eigenvalue weighted by molar-refractivity contribution is 0.112. The van der Waals surface area contributed by atoms with Gasteiger partial charge in [0.15, 0.2) is 0 Å². The van der Waals surface area contributed by atoms with Gasteiger partial charge >= 0.3 is 0 Å². The molecule has 2 N–H and O–H groups in total. The summed E-state index contributed by atoms with van der Waals surface area (Å²) in [7, 11) is 0. The Bertz CT molecular complexity index is 238. The maximum absolute atomic E-state index is 9.50. The second kappa shape index (κ2) is 4.63. The van der Waals surface area contributed by atoms with Crippen LogP contribution >= 0.6 is 0 Å². The van der Waals surface area contributed by atoms with Gasteiger partial charge < -0.3 is 10.4 Å². The maximum Gasteiger partial charge on any atom is 0.0541 e. The molecule has 0 bridgehead atoms. The molecule has 1 saturated carbocycles. The highest BCUT2D eigenvalue weighted by molar-refractivity contribution is 4.97. The first-order chi connectivity index (χ1) is 7.83. The van der Waals surface area contributed by atoms with Crippen LogP contribution in [0.25, 0.3) is 0 Å². The molecule has 16 heavy (non-hydrogen) atoms.